The number of aliphatic hydroxyl groups excluding tert-OH is 1. The highest BCUT2D eigenvalue weighted by molar-refractivity contribution is 5.95. The van der Waals surface area contributed by atoms with E-state index in [1.807, 2.05) is 39.0 Å². The Balaban J connectivity index is 1.99. The molecule has 36 heavy (non-hydrogen) atoms. The first-order valence-electron chi connectivity index (χ1n) is 13.1. The first-order chi connectivity index (χ1) is 17.0. The number of esters is 1. The second-order valence-corrected chi connectivity index (χ2v) is 10.9. The van der Waals surface area contributed by atoms with E-state index in [0.717, 1.165) is 41.3 Å². The van der Waals surface area contributed by atoms with Gasteiger partial charge >= 0.3 is 5.97 Å². The minimum Gasteiger partial charge on any atom is -0.487 e. The van der Waals surface area contributed by atoms with Crippen LogP contribution in [0.4, 0.5) is 0 Å². The molecule has 0 spiro atoms. The zero-order valence-corrected chi connectivity index (χ0v) is 23.1. The van der Waals surface area contributed by atoms with Crippen LogP contribution in [0.5, 0.6) is 5.75 Å². The lowest BCUT2D eigenvalue weighted by atomic mass is 9.70. The average molecular weight is 491 g/mol. The SMILES string of the molecule is CCC(Oc1ccc(C(CC)(CC)c2ccc3cc(C(=O)OC)ccc3c2)cc1C)C(O)C(C)(C)C. The third-order valence-electron chi connectivity index (χ3n) is 7.67. The molecule has 0 aliphatic rings. The molecule has 3 rings (SSSR count). The lowest BCUT2D eigenvalue weighted by Crippen LogP contribution is -2.41. The fraction of sp³-hybridized carbons (Fsp3) is 0.469. The fourth-order valence-electron chi connectivity index (χ4n) is 5.19. The van der Waals surface area contributed by atoms with Gasteiger partial charge in [0.25, 0.3) is 0 Å². The minimum absolute atomic E-state index is 0.145. The molecule has 0 aliphatic carbocycles. The molecule has 0 saturated carbocycles. The molecule has 0 fully saturated rings. The van der Waals surface area contributed by atoms with Gasteiger partial charge in [-0.05, 0) is 77.3 Å². The topological polar surface area (TPSA) is 55.8 Å². The Morgan fingerprint density at radius 3 is 2.03 bits per heavy atom. The summed E-state index contributed by atoms with van der Waals surface area (Å²) in [6, 6.07) is 18.7. The smallest absolute Gasteiger partial charge is 0.337 e. The van der Waals surface area contributed by atoms with Crippen LogP contribution in [0, 0.1) is 12.3 Å². The van der Waals surface area contributed by atoms with E-state index < -0.39 is 6.10 Å². The standard InChI is InChI=1S/C32H42O4/c1-9-27(29(33)31(5,6)7)36-28-17-16-25(18-21(28)4)32(10-2,11-3)26-15-14-22-19-24(30(34)35-8)13-12-23(22)20-26/h12-20,27,29,33H,9-11H2,1-8H3. The van der Waals surface area contributed by atoms with E-state index in [1.54, 1.807) is 0 Å². The number of fused-ring (bicyclic) bond motifs is 1. The van der Waals surface area contributed by atoms with Crippen molar-refractivity contribution in [3.05, 3.63) is 76.9 Å². The lowest BCUT2D eigenvalue weighted by Gasteiger charge is -2.35. The summed E-state index contributed by atoms with van der Waals surface area (Å²) in [5.41, 5.74) is 3.75. The number of rotatable bonds is 9. The highest BCUT2D eigenvalue weighted by Gasteiger charge is 2.33. The van der Waals surface area contributed by atoms with Crippen molar-refractivity contribution in [2.45, 2.75) is 85.4 Å². The fourth-order valence-corrected chi connectivity index (χ4v) is 5.19. The Labute approximate surface area is 216 Å². The maximum absolute atomic E-state index is 11.9. The number of aryl methyl sites for hydroxylation is 1. The first kappa shape index (κ1) is 27.7. The second-order valence-electron chi connectivity index (χ2n) is 10.9. The third-order valence-corrected chi connectivity index (χ3v) is 7.67. The van der Waals surface area contributed by atoms with Gasteiger partial charge in [0.15, 0.2) is 0 Å². The van der Waals surface area contributed by atoms with Crippen LogP contribution in [0.25, 0.3) is 10.8 Å². The van der Waals surface area contributed by atoms with Gasteiger partial charge in [-0.15, -0.1) is 0 Å². The van der Waals surface area contributed by atoms with Gasteiger partial charge in [-0.3, -0.25) is 0 Å². The summed E-state index contributed by atoms with van der Waals surface area (Å²) in [6.07, 6.45) is 1.84. The van der Waals surface area contributed by atoms with Crippen molar-refractivity contribution in [2.24, 2.45) is 5.41 Å². The van der Waals surface area contributed by atoms with Crippen molar-refractivity contribution in [1.82, 2.24) is 0 Å². The van der Waals surface area contributed by atoms with E-state index in [4.69, 9.17) is 9.47 Å². The molecule has 2 atom stereocenters. The molecule has 0 aromatic heterocycles. The highest BCUT2D eigenvalue weighted by Crippen LogP contribution is 2.41. The molecular formula is C32H42O4. The average Bonchev–Trinajstić information content (AvgIpc) is 2.87. The monoisotopic (exact) mass is 490 g/mol. The van der Waals surface area contributed by atoms with Crippen LogP contribution in [0.2, 0.25) is 0 Å². The van der Waals surface area contributed by atoms with Gasteiger partial charge < -0.3 is 14.6 Å². The molecule has 0 bridgehead atoms. The second kappa shape index (κ2) is 11.0. The first-order valence-corrected chi connectivity index (χ1v) is 13.1. The Morgan fingerprint density at radius 1 is 0.889 bits per heavy atom. The maximum atomic E-state index is 11.9. The predicted octanol–water partition coefficient (Wildman–Crippen LogP) is 7.61. The number of carbonyl (C=O) groups excluding carboxylic acids is 1. The molecule has 0 saturated heterocycles. The number of benzene rings is 3. The zero-order valence-electron chi connectivity index (χ0n) is 23.1. The number of carbonyl (C=O) groups is 1. The summed E-state index contributed by atoms with van der Waals surface area (Å²) in [5, 5.41) is 12.9. The molecule has 4 nitrogen and oxygen atoms in total. The molecule has 0 radical (unpaired) electrons. The minimum atomic E-state index is -0.552. The van der Waals surface area contributed by atoms with Crippen LogP contribution in [-0.2, 0) is 10.2 Å². The van der Waals surface area contributed by atoms with E-state index >= 15 is 0 Å². The summed E-state index contributed by atoms with van der Waals surface area (Å²) in [6.45, 7) is 14.7. The molecule has 194 valence electrons. The summed E-state index contributed by atoms with van der Waals surface area (Å²) in [7, 11) is 1.40. The van der Waals surface area contributed by atoms with Crippen LogP contribution < -0.4 is 4.74 Å². The summed E-state index contributed by atoms with van der Waals surface area (Å²) in [4.78, 5) is 11.9. The van der Waals surface area contributed by atoms with Crippen LogP contribution in [0.3, 0.4) is 0 Å². The molecule has 1 N–H and O–H groups in total. The maximum Gasteiger partial charge on any atom is 0.337 e. The van der Waals surface area contributed by atoms with Crippen molar-refractivity contribution >= 4 is 16.7 Å². The summed E-state index contributed by atoms with van der Waals surface area (Å²) in [5.74, 6) is 0.499. The van der Waals surface area contributed by atoms with Gasteiger partial charge in [-0.1, -0.05) is 77.9 Å². The van der Waals surface area contributed by atoms with E-state index in [0.29, 0.717) is 5.56 Å². The van der Waals surface area contributed by atoms with Gasteiger partial charge in [0.2, 0.25) is 0 Å². The normalized spacial score (nSPS) is 13.9. The molecule has 0 aliphatic heterocycles. The highest BCUT2D eigenvalue weighted by atomic mass is 16.5. The largest absolute Gasteiger partial charge is 0.487 e. The van der Waals surface area contributed by atoms with Crippen molar-refractivity contribution in [1.29, 1.82) is 0 Å². The number of methoxy groups -OCH3 is 1. The van der Waals surface area contributed by atoms with E-state index in [2.05, 4.69) is 64.1 Å². The number of hydrogen-bond acceptors (Lipinski definition) is 4. The molecule has 2 unspecified atom stereocenters. The van der Waals surface area contributed by atoms with E-state index in [9.17, 15) is 9.90 Å². The summed E-state index contributed by atoms with van der Waals surface area (Å²) >= 11 is 0. The zero-order chi connectivity index (χ0) is 26.7. The molecule has 3 aromatic rings. The number of ether oxygens (including phenoxy) is 2. The Kier molecular flexibility index (Phi) is 8.51. The van der Waals surface area contributed by atoms with Gasteiger partial charge in [-0.2, -0.15) is 0 Å². The molecule has 4 heteroatoms. The van der Waals surface area contributed by atoms with Gasteiger partial charge in [0.05, 0.1) is 18.8 Å². The number of hydrogen-bond donors (Lipinski definition) is 1. The van der Waals surface area contributed by atoms with E-state index in [-0.39, 0.29) is 22.9 Å². The number of aliphatic hydroxyl groups is 1. The van der Waals surface area contributed by atoms with Crippen molar-refractivity contribution in [3.8, 4) is 5.75 Å². The molecule has 3 aromatic carbocycles. The van der Waals surface area contributed by atoms with Gasteiger partial charge in [0, 0.05) is 5.41 Å². The van der Waals surface area contributed by atoms with Crippen LogP contribution in [0.15, 0.2) is 54.6 Å². The van der Waals surface area contributed by atoms with Gasteiger partial charge in [0.1, 0.15) is 11.9 Å². The van der Waals surface area contributed by atoms with Crippen LogP contribution in [0.1, 0.15) is 87.9 Å². The van der Waals surface area contributed by atoms with Crippen molar-refractivity contribution < 1.29 is 19.4 Å². The predicted molar refractivity (Wildman–Crippen MR) is 148 cm³/mol. The van der Waals surface area contributed by atoms with Gasteiger partial charge in [-0.25, -0.2) is 4.79 Å². The third kappa shape index (κ3) is 5.44. The quantitative estimate of drug-likeness (QED) is 0.314. The molecule has 0 amide bonds. The van der Waals surface area contributed by atoms with Crippen LogP contribution >= 0.6 is 0 Å². The Morgan fingerprint density at radius 2 is 1.47 bits per heavy atom. The van der Waals surface area contributed by atoms with Crippen molar-refractivity contribution in [3.63, 3.8) is 0 Å². The van der Waals surface area contributed by atoms with Crippen LogP contribution in [-0.4, -0.2) is 30.4 Å². The van der Waals surface area contributed by atoms with Crippen molar-refractivity contribution in [2.75, 3.05) is 7.11 Å². The lowest BCUT2D eigenvalue weighted by molar-refractivity contribution is -0.0331. The molecule has 0 heterocycles. The summed E-state index contributed by atoms with van der Waals surface area (Å²) < 4.78 is 11.2. The Bertz CT molecular complexity index is 1200. The Hall–Kier alpha value is -2.85. The molecular weight excluding hydrogens is 448 g/mol. The van der Waals surface area contributed by atoms with E-state index in [1.165, 1.54) is 18.2 Å².